The Labute approximate surface area is 121 Å². The van der Waals surface area contributed by atoms with Crippen LogP contribution in [0.5, 0.6) is 0 Å². The molecule has 0 amide bonds. The summed E-state index contributed by atoms with van der Waals surface area (Å²) < 4.78 is 12.3. The van der Waals surface area contributed by atoms with Gasteiger partial charge in [0.25, 0.3) is 0 Å². The highest BCUT2D eigenvalue weighted by molar-refractivity contribution is 6.78. The lowest BCUT2D eigenvalue weighted by Gasteiger charge is -2.48. The van der Waals surface area contributed by atoms with Crippen molar-refractivity contribution in [1.29, 1.82) is 0 Å². The summed E-state index contributed by atoms with van der Waals surface area (Å²) in [6.45, 7) is 19.3. The van der Waals surface area contributed by atoms with Crippen LogP contribution in [-0.2, 0) is 8.85 Å². The maximum atomic E-state index is 10.4. The third kappa shape index (κ3) is 5.41. The molecule has 0 bridgehead atoms. The maximum Gasteiger partial charge on any atom is 0.329 e. The summed E-state index contributed by atoms with van der Waals surface area (Å²) in [5, 5.41) is -1.04. The summed E-state index contributed by atoms with van der Waals surface area (Å²) in [6, 6.07) is 0. The lowest BCUT2D eigenvalue weighted by Crippen LogP contribution is -2.65. The molecule has 0 atom stereocenters. The molecule has 0 aliphatic rings. The fourth-order valence-electron chi connectivity index (χ4n) is 1.63. The van der Waals surface area contributed by atoms with Crippen LogP contribution < -0.4 is 0 Å². The van der Waals surface area contributed by atoms with Gasteiger partial charge in [0.2, 0.25) is 16.6 Å². The van der Waals surface area contributed by atoms with Gasteiger partial charge in [-0.25, -0.2) is 0 Å². The lowest BCUT2D eigenvalue weighted by molar-refractivity contribution is 0.0768. The molecule has 2 N–H and O–H groups in total. The third-order valence-electron chi connectivity index (χ3n) is 3.94. The van der Waals surface area contributed by atoms with Gasteiger partial charge in [0.1, 0.15) is 0 Å². The quantitative estimate of drug-likeness (QED) is 0.738. The average Bonchev–Trinajstić information content (AvgIpc) is 1.92. The molecule has 0 aliphatic carbocycles. The molecule has 4 nitrogen and oxygen atoms in total. The first-order valence-electron chi connectivity index (χ1n) is 6.76. The minimum atomic E-state index is -2.62. The summed E-state index contributed by atoms with van der Waals surface area (Å²) in [6.07, 6.45) is 0. The van der Waals surface area contributed by atoms with Gasteiger partial charge in [-0.3, -0.25) is 0 Å². The van der Waals surface area contributed by atoms with E-state index in [9.17, 15) is 9.59 Å². The molecule has 0 aromatic carbocycles. The molecular formula is C12H32O4Si3. The highest BCUT2D eigenvalue weighted by Crippen LogP contribution is 2.34. The fourth-order valence-corrected chi connectivity index (χ4v) is 7.90. The first-order valence-corrected chi connectivity index (χ1v) is 15.5. The topological polar surface area (TPSA) is 58.9 Å². The molecule has 0 heterocycles. The molecule has 19 heavy (non-hydrogen) atoms. The van der Waals surface area contributed by atoms with Crippen molar-refractivity contribution >= 4 is 25.2 Å². The molecular weight excluding hydrogens is 292 g/mol. The van der Waals surface area contributed by atoms with Crippen LogP contribution in [0, 0.1) is 0 Å². The van der Waals surface area contributed by atoms with Crippen molar-refractivity contribution in [2.75, 3.05) is 0 Å². The summed E-state index contributed by atoms with van der Waals surface area (Å²) in [5.74, 6) is 0. The van der Waals surface area contributed by atoms with Crippen LogP contribution in [0.3, 0.4) is 0 Å². The van der Waals surface area contributed by atoms with E-state index in [4.69, 9.17) is 8.85 Å². The smallest absolute Gasteiger partial charge is 0.329 e. The largest absolute Gasteiger partial charge is 0.429 e. The van der Waals surface area contributed by atoms with Crippen LogP contribution in [0.1, 0.15) is 27.7 Å². The predicted octanol–water partition coefficient (Wildman–Crippen LogP) is 2.75. The lowest BCUT2D eigenvalue weighted by atomic mass is 10.5. The van der Waals surface area contributed by atoms with Gasteiger partial charge in [-0.05, 0) is 67.0 Å². The third-order valence-corrected chi connectivity index (χ3v) is 12.4. The van der Waals surface area contributed by atoms with E-state index in [2.05, 4.69) is 13.1 Å². The van der Waals surface area contributed by atoms with Gasteiger partial charge < -0.3 is 18.4 Å². The fraction of sp³-hybridized carbons (Fsp3) is 1.00. The van der Waals surface area contributed by atoms with Crippen LogP contribution in [-0.4, -0.2) is 45.2 Å². The summed E-state index contributed by atoms with van der Waals surface area (Å²) >= 11 is 0. The first-order chi connectivity index (χ1) is 7.91. The van der Waals surface area contributed by atoms with Gasteiger partial charge in [-0.2, -0.15) is 0 Å². The summed E-state index contributed by atoms with van der Waals surface area (Å²) in [4.78, 5) is 20.4. The molecule has 0 fully saturated rings. The van der Waals surface area contributed by atoms with Crippen molar-refractivity contribution in [3.8, 4) is 0 Å². The second-order valence-electron chi connectivity index (χ2n) is 7.74. The molecule has 0 radical (unpaired) electrons. The zero-order valence-electron chi connectivity index (χ0n) is 14.2. The van der Waals surface area contributed by atoms with Crippen LogP contribution in [0.4, 0.5) is 0 Å². The Morgan fingerprint density at radius 1 is 0.684 bits per heavy atom. The highest BCUT2D eigenvalue weighted by Gasteiger charge is 2.51. The first kappa shape index (κ1) is 19.5. The molecule has 0 saturated heterocycles. The summed E-state index contributed by atoms with van der Waals surface area (Å²) in [5.41, 5.74) is 0. The number of hydrogen-bond donors (Lipinski definition) is 2. The van der Waals surface area contributed by atoms with Crippen molar-refractivity contribution < 1.29 is 18.4 Å². The highest BCUT2D eigenvalue weighted by atomic mass is 28.4. The van der Waals surface area contributed by atoms with E-state index in [0.29, 0.717) is 0 Å². The SMILES string of the molecule is CC(C)(O[Si](C)(C)C(C)(C)O[Si](C)(C)O)[Si](C)(C)O. The Kier molecular flexibility index (Phi) is 5.50. The zero-order chi connectivity index (χ0) is 15.9. The maximum absolute atomic E-state index is 10.4. The molecule has 7 heteroatoms. The van der Waals surface area contributed by atoms with Crippen LogP contribution >= 0.6 is 0 Å². The minimum Gasteiger partial charge on any atom is -0.429 e. The second-order valence-corrected chi connectivity index (χ2v) is 19.6. The minimum absolute atomic E-state index is 0.506. The van der Waals surface area contributed by atoms with Crippen LogP contribution in [0.15, 0.2) is 0 Å². The van der Waals surface area contributed by atoms with Crippen molar-refractivity contribution in [2.24, 2.45) is 0 Å². The summed E-state index contributed by atoms with van der Waals surface area (Å²) in [7, 11) is -7.31. The Morgan fingerprint density at radius 3 is 1.32 bits per heavy atom. The molecule has 0 rings (SSSR count). The van der Waals surface area contributed by atoms with E-state index in [-0.39, 0.29) is 0 Å². The van der Waals surface area contributed by atoms with Gasteiger partial charge in [0, 0.05) is 0 Å². The predicted molar refractivity (Wildman–Crippen MR) is 87.2 cm³/mol. The van der Waals surface area contributed by atoms with E-state index in [1.807, 2.05) is 40.8 Å². The zero-order valence-corrected chi connectivity index (χ0v) is 17.2. The molecule has 116 valence electrons. The monoisotopic (exact) mass is 324 g/mol. The van der Waals surface area contributed by atoms with E-state index in [1.165, 1.54) is 0 Å². The Morgan fingerprint density at radius 2 is 1.05 bits per heavy atom. The van der Waals surface area contributed by atoms with E-state index in [0.717, 1.165) is 0 Å². The Bertz CT molecular complexity index is 314. The number of rotatable bonds is 6. The molecule has 0 aliphatic heterocycles. The Hall–Kier alpha value is 0.491. The average molecular weight is 325 g/mol. The van der Waals surface area contributed by atoms with Crippen molar-refractivity contribution in [3.63, 3.8) is 0 Å². The van der Waals surface area contributed by atoms with Gasteiger partial charge >= 0.3 is 8.56 Å². The van der Waals surface area contributed by atoms with Crippen molar-refractivity contribution in [3.05, 3.63) is 0 Å². The van der Waals surface area contributed by atoms with E-state index >= 15 is 0 Å². The van der Waals surface area contributed by atoms with E-state index < -0.39 is 35.6 Å². The normalized spacial score (nSPS) is 15.8. The molecule has 0 saturated carbocycles. The molecule has 0 aromatic heterocycles. The standard InChI is InChI=1S/C12H32O4Si3/c1-11(2,17(5,6)13)15-18(7,8)12(3,4)16-19(9,10)14/h13-14H,1-10H3. The number of hydrogen-bond acceptors (Lipinski definition) is 4. The van der Waals surface area contributed by atoms with Gasteiger partial charge in [-0.15, -0.1) is 0 Å². The van der Waals surface area contributed by atoms with Crippen molar-refractivity contribution in [2.45, 2.75) is 77.4 Å². The second kappa shape index (κ2) is 5.36. The van der Waals surface area contributed by atoms with E-state index in [1.54, 1.807) is 13.1 Å². The Balaban J connectivity index is 5.18. The molecule has 0 spiro atoms. The van der Waals surface area contributed by atoms with Gasteiger partial charge in [-0.1, -0.05) is 0 Å². The molecule has 0 aromatic rings. The van der Waals surface area contributed by atoms with Crippen LogP contribution in [0.2, 0.25) is 39.3 Å². The van der Waals surface area contributed by atoms with Gasteiger partial charge in [0.15, 0.2) is 0 Å². The van der Waals surface area contributed by atoms with Crippen molar-refractivity contribution in [1.82, 2.24) is 0 Å². The van der Waals surface area contributed by atoms with Gasteiger partial charge in [0.05, 0.1) is 10.4 Å². The molecule has 0 unspecified atom stereocenters. The van der Waals surface area contributed by atoms with Crippen LogP contribution in [0.25, 0.3) is 0 Å².